The molecule has 1 aliphatic heterocycles. The van der Waals surface area contributed by atoms with Crippen molar-refractivity contribution in [2.24, 2.45) is 0 Å². The van der Waals surface area contributed by atoms with Gasteiger partial charge in [0.15, 0.2) is 0 Å². The summed E-state index contributed by atoms with van der Waals surface area (Å²) < 4.78 is 0. The Bertz CT molecular complexity index is 687. The van der Waals surface area contributed by atoms with Crippen molar-refractivity contribution >= 4 is 11.6 Å². The van der Waals surface area contributed by atoms with Gasteiger partial charge in [0.2, 0.25) is 5.91 Å². The molecule has 1 heterocycles. The highest BCUT2D eigenvalue weighted by Gasteiger charge is 2.20. The lowest BCUT2D eigenvalue weighted by atomic mass is 10.0. The molecule has 132 valence electrons. The van der Waals surface area contributed by atoms with Gasteiger partial charge in [0.1, 0.15) is 0 Å². The summed E-state index contributed by atoms with van der Waals surface area (Å²) in [6.07, 6.45) is 2.30. The predicted octanol–water partition coefficient (Wildman–Crippen LogP) is 3.19. The van der Waals surface area contributed by atoms with Crippen LogP contribution in [0, 0.1) is 6.92 Å². The molecule has 1 aliphatic rings. The molecule has 0 saturated carbocycles. The van der Waals surface area contributed by atoms with Gasteiger partial charge in [0, 0.05) is 24.8 Å². The zero-order valence-electron chi connectivity index (χ0n) is 14.9. The van der Waals surface area contributed by atoms with Crippen LogP contribution in [-0.2, 0) is 11.3 Å². The second-order valence-corrected chi connectivity index (χ2v) is 6.80. The summed E-state index contributed by atoms with van der Waals surface area (Å²) in [6, 6.07) is 18.8. The number of benzene rings is 2. The Morgan fingerprint density at radius 3 is 2.68 bits per heavy atom. The highest BCUT2D eigenvalue weighted by molar-refractivity contribution is 5.92. The fraction of sp³-hybridized carbons (Fsp3) is 0.381. The maximum absolute atomic E-state index is 12.2. The summed E-state index contributed by atoms with van der Waals surface area (Å²) in [7, 11) is 0. The van der Waals surface area contributed by atoms with Crippen LogP contribution in [0.2, 0.25) is 0 Å². The Kier molecular flexibility index (Phi) is 6.20. The zero-order valence-corrected chi connectivity index (χ0v) is 14.9. The van der Waals surface area contributed by atoms with Crippen LogP contribution in [0.25, 0.3) is 0 Å². The molecule has 4 heteroatoms. The average Bonchev–Trinajstić information content (AvgIpc) is 2.63. The van der Waals surface area contributed by atoms with E-state index in [2.05, 4.69) is 45.9 Å². The van der Waals surface area contributed by atoms with Crippen molar-refractivity contribution in [3.8, 4) is 0 Å². The van der Waals surface area contributed by atoms with Crippen LogP contribution in [0.15, 0.2) is 54.6 Å². The van der Waals surface area contributed by atoms with Crippen molar-refractivity contribution in [2.75, 3.05) is 25.0 Å². The summed E-state index contributed by atoms with van der Waals surface area (Å²) in [5.41, 5.74) is 3.33. The van der Waals surface area contributed by atoms with Crippen LogP contribution in [0.3, 0.4) is 0 Å². The molecule has 2 aromatic carbocycles. The van der Waals surface area contributed by atoms with E-state index in [4.69, 9.17) is 0 Å². The fourth-order valence-corrected chi connectivity index (χ4v) is 3.35. The number of nitrogens with one attached hydrogen (secondary N) is 2. The second-order valence-electron chi connectivity index (χ2n) is 6.80. The standard InChI is InChI=1S/C21H27N3O/c1-17-8-5-6-12-20(17)23-21(25)14-22-19-11-7-13-24(16-19)15-18-9-3-2-4-10-18/h2-6,8-10,12,19,22H,7,11,13-16H2,1H3,(H,23,25). The number of anilines is 1. The van der Waals surface area contributed by atoms with Crippen LogP contribution in [-0.4, -0.2) is 36.5 Å². The maximum Gasteiger partial charge on any atom is 0.238 e. The lowest BCUT2D eigenvalue weighted by Gasteiger charge is -2.33. The fourth-order valence-electron chi connectivity index (χ4n) is 3.35. The summed E-state index contributed by atoms with van der Waals surface area (Å²) in [5.74, 6) is 0.0227. The highest BCUT2D eigenvalue weighted by Crippen LogP contribution is 2.14. The van der Waals surface area contributed by atoms with E-state index < -0.39 is 0 Å². The number of likely N-dealkylation sites (tertiary alicyclic amines) is 1. The number of carbonyl (C=O) groups is 1. The van der Waals surface area contributed by atoms with Crippen LogP contribution >= 0.6 is 0 Å². The lowest BCUT2D eigenvalue weighted by molar-refractivity contribution is -0.115. The van der Waals surface area contributed by atoms with E-state index in [9.17, 15) is 4.79 Å². The van der Waals surface area contributed by atoms with Crippen LogP contribution in [0.1, 0.15) is 24.0 Å². The van der Waals surface area contributed by atoms with Gasteiger partial charge >= 0.3 is 0 Å². The minimum Gasteiger partial charge on any atom is -0.325 e. The topological polar surface area (TPSA) is 44.4 Å². The number of para-hydroxylation sites is 1. The molecule has 0 aliphatic carbocycles. The number of rotatable bonds is 6. The molecule has 2 N–H and O–H groups in total. The molecule has 2 aromatic rings. The largest absolute Gasteiger partial charge is 0.325 e. The average molecular weight is 337 g/mol. The lowest BCUT2D eigenvalue weighted by Crippen LogP contribution is -2.47. The van der Waals surface area contributed by atoms with Crippen molar-refractivity contribution in [1.82, 2.24) is 10.2 Å². The van der Waals surface area contributed by atoms with E-state index in [0.29, 0.717) is 12.6 Å². The number of piperidine rings is 1. The van der Waals surface area contributed by atoms with E-state index in [-0.39, 0.29) is 5.91 Å². The van der Waals surface area contributed by atoms with Gasteiger partial charge in [-0.3, -0.25) is 9.69 Å². The SMILES string of the molecule is Cc1ccccc1NC(=O)CNC1CCCN(Cc2ccccc2)C1. The molecule has 25 heavy (non-hydrogen) atoms. The Morgan fingerprint density at radius 1 is 1.12 bits per heavy atom. The predicted molar refractivity (Wildman–Crippen MR) is 103 cm³/mol. The van der Waals surface area contributed by atoms with Gasteiger partial charge < -0.3 is 10.6 Å². The number of hydrogen-bond donors (Lipinski definition) is 2. The Balaban J connectivity index is 1.45. The van der Waals surface area contributed by atoms with E-state index in [0.717, 1.165) is 37.3 Å². The molecule has 1 atom stereocenters. The minimum atomic E-state index is 0.0227. The van der Waals surface area contributed by atoms with Gasteiger partial charge in [0.05, 0.1) is 6.54 Å². The molecule has 0 bridgehead atoms. The first-order chi connectivity index (χ1) is 12.2. The molecule has 0 spiro atoms. The molecule has 1 fully saturated rings. The van der Waals surface area contributed by atoms with Gasteiger partial charge in [0.25, 0.3) is 0 Å². The Labute approximate surface area is 150 Å². The van der Waals surface area contributed by atoms with E-state index in [1.165, 1.54) is 12.0 Å². The molecule has 0 aromatic heterocycles. The van der Waals surface area contributed by atoms with E-state index in [1.54, 1.807) is 0 Å². The molecule has 1 saturated heterocycles. The molecule has 0 radical (unpaired) electrons. The molecule has 4 nitrogen and oxygen atoms in total. The first-order valence-electron chi connectivity index (χ1n) is 9.06. The third kappa shape index (κ3) is 5.41. The van der Waals surface area contributed by atoms with Gasteiger partial charge in [-0.25, -0.2) is 0 Å². The van der Waals surface area contributed by atoms with Gasteiger partial charge in [-0.05, 0) is 43.5 Å². The number of carbonyl (C=O) groups excluding carboxylic acids is 1. The summed E-state index contributed by atoms with van der Waals surface area (Å²) in [6.45, 7) is 5.47. The third-order valence-electron chi connectivity index (χ3n) is 4.72. The van der Waals surface area contributed by atoms with Crippen LogP contribution in [0.4, 0.5) is 5.69 Å². The van der Waals surface area contributed by atoms with Crippen molar-refractivity contribution in [1.29, 1.82) is 0 Å². The summed E-state index contributed by atoms with van der Waals surface area (Å²) >= 11 is 0. The Morgan fingerprint density at radius 2 is 1.88 bits per heavy atom. The van der Waals surface area contributed by atoms with Gasteiger partial charge in [-0.15, -0.1) is 0 Å². The first-order valence-corrected chi connectivity index (χ1v) is 9.06. The molecular weight excluding hydrogens is 310 g/mol. The number of aryl methyl sites for hydroxylation is 1. The van der Waals surface area contributed by atoms with Crippen molar-refractivity contribution < 1.29 is 4.79 Å². The number of hydrogen-bond acceptors (Lipinski definition) is 3. The first kappa shape index (κ1) is 17.6. The van der Waals surface area contributed by atoms with E-state index in [1.807, 2.05) is 31.2 Å². The molecule has 1 unspecified atom stereocenters. The van der Waals surface area contributed by atoms with Crippen LogP contribution in [0.5, 0.6) is 0 Å². The highest BCUT2D eigenvalue weighted by atomic mass is 16.1. The quantitative estimate of drug-likeness (QED) is 0.851. The Hall–Kier alpha value is -2.17. The normalized spacial score (nSPS) is 18.0. The third-order valence-corrected chi connectivity index (χ3v) is 4.72. The summed E-state index contributed by atoms with van der Waals surface area (Å²) in [4.78, 5) is 14.7. The van der Waals surface area contributed by atoms with Gasteiger partial charge in [-0.2, -0.15) is 0 Å². The second kappa shape index (κ2) is 8.79. The summed E-state index contributed by atoms with van der Waals surface area (Å²) in [5, 5.41) is 6.41. The number of amides is 1. The zero-order chi connectivity index (χ0) is 17.5. The minimum absolute atomic E-state index is 0.0227. The van der Waals surface area contributed by atoms with Crippen molar-refractivity contribution in [2.45, 2.75) is 32.4 Å². The van der Waals surface area contributed by atoms with Crippen LogP contribution < -0.4 is 10.6 Å². The van der Waals surface area contributed by atoms with E-state index >= 15 is 0 Å². The number of nitrogens with zero attached hydrogens (tertiary/aromatic N) is 1. The monoisotopic (exact) mass is 337 g/mol. The maximum atomic E-state index is 12.2. The van der Waals surface area contributed by atoms with Crippen molar-refractivity contribution in [3.05, 3.63) is 65.7 Å². The smallest absolute Gasteiger partial charge is 0.238 e. The molecule has 3 rings (SSSR count). The molecule has 1 amide bonds. The molecular formula is C21H27N3O. The van der Waals surface area contributed by atoms with Crippen molar-refractivity contribution in [3.63, 3.8) is 0 Å². The van der Waals surface area contributed by atoms with Gasteiger partial charge in [-0.1, -0.05) is 48.5 Å².